The largest absolute Gasteiger partial charge is 0.550 e. The van der Waals surface area contributed by atoms with Crippen LogP contribution in [0.5, 0.6) is 0 Å². The Kier molecular flexibility index (Phi) is 5.03. The first kappa shape index (κ1) is 18.7. The van der Waals surface area contributed by atoms with Crippen LogP contribution >= 0.6 is 0 Å². The number of carboxylic acids is 1. The van der Waals surface area contributed by atoms with Gasteiger partial charge in [0.15, 0.2) is 0 Å². The van der Waals surface area contributed by atoms with Gasteiger partial charge in [-0.3, -0.25) is 4.79 Å². The number of carbonyl (C=O) groups is 2. The van der Waals surface area contributed by atoms with Crippen molar-refractivity contribution in [2.45, 2.75) is 40.0 Å². The Labute approximate surface area is 155 Å². The minimum absolute atomic E-state index is 0.00339. The summed E-state index contributed by atoms with van der Waals surface area (Å²) in [4.78, 5) is 34.7. The zero-order valence-electron chi connectivity index (χ0n) is 15.4. The maximum Gasteiger partial charge on any atom is 0.339 e. The van der Waals surface area contributed by atoms with E-state index in [1.807, 2.05) is 26.8 Å². The topological polar surface area (TPSA) is 113 Å². The minimum Gasteiger partial charge on any atom is -0.550 e. The molecule has 0 atom stereocenters. The number of aryl methyl sites for hydroxylation is 3. The van der Waals surface area contributed by atoms with Crippen LogP contribution in [0.4, 0.5) is 0 Å². The molecule has 7 nitrogen and oxygen atoms in total. The van der Waals surface area contributed by atoms with Gasteiger partial charge in [-0.1, -0.05) is 0 Å². The van der Waals surface area contributed by atoms with Crippen molar-refractivity contribution in [1.82, 2.24) is 5.32 Å². The van der Waals surface area contributed by atoms with Crippen LogP contribution in [0.2, 0.25) is 0 Å². The molecule has 2 heterocycles. The summed E-state index contributed by atoms with van der Waals surface area (Å²) in [5.41, 5.74) is 3.68. The normalized spacial score (nSPS) is 11.2. The fourth-order valence-corrected chi connectivity index (χ4v) is 3.24. The van der Waals surface area contributed by atoms with Crippen molar-refractivity contribution in [2.24, 2.45) is 0 Å². The second-order valence-electron chi connectivity index (χ2n) is 6.64. The fraction of sp³-hybridized carbons (Fsp3) is 0.350. The number of carboxylic acid groups (broad SMARTS) is 1. The minimum atomic E-state index is -1.22. The fourth-order valence-electron chi connectivity index (χ4n) is 3.24. The molecule has 1 N–H and O–H groups in total. The first-order chi connectivity index (χ1) is 12.8. The molecule has 7 heteroatoms. The molecule has 0 saturated heterocycles. The van der Waals surface area contributed by atoms with Crippen LogP contribution in [0.25, 0.3) is 21.9 Å². The van der Waals surface area contributed by atoms with Gasteiger partial charge in [0, 0.05) is 47.3 Å². The van der Waals surface area contributed by atoms with Gasteiger partial charge in [0.05, 0.1) is 6.26 Å². The Hall–Kier alpha value is -3.09. The molecule has 1 aromatic carbocycles. The van der Waals surface area contributed by atoms with E-state index < -0.39 is 11.6 Å². The van der Waals surface area contributed by atoms with Crippen LogP contribution < -0.4 is 16.0 Å². The van der Waals surface area contributed by atoms with Crippen molar-refractivity contribution < 1.29 is 23.5 Å². The van der Waals surface area contributed by atoms with E-state index in [0.29, 0.717) is 16.7 Å². The molecule has 0 aliphatic heterocycles. The molecular formula is C20H20NO6-. The third-order valence-electron chi connectivity index (χ3n) is 4.79. The van der Waals surface area contributed by atoms with Gasteiger partial charge in [0.2, 0.25) is 5.91 Å². The van der Waals surface area contributed by atoms with Crippen molar-refractivity contribution in [1.29, 1.82) is 0 Å². The molecule has 0 fully saturated rings. The number of fused-ring (bicyclic) bond motifs is 2. The average Bonchev–Trinajstić information content (AvgIpc) is 2.97. The SMILES string of the molecule is Cc1coc2c(C)c3oc(=O)c(CCC(=O)NCCC(=O)[O-])c(C)c3cc12. The monoisotopic (exact) mass is 370 g/mol. The van der Waals surface area contributed by atoms with Crippen LogP contribution in [-0.2, 0) is 16.0 Å². The Morgan fingerprint density at radius 3 is 2.52 bits per heavy atom. The highest BCUT2D eigenvalue weighted by Gasteiger charge is 2.18. The van der Waals surface area contributed by atoms with Gasteiger partial charge < -0.3 is 24.1 Å². The van der Waals surface area contributed by atoms with E-state index in [9.17, 15) is 19.5 Å². The Balaban J connectivity index is 1.91. The lowest BCUT2D eigenvalue weighted by molar-refractivity contribution is -0.305. The number of rotatable bonds is 6. The Morgan fingerprint density at radius 2 is 1.81 bits per heavy atom. The first-order valence-corrected chi connectivity index (χ1v) is 8.69. The van der Waals surface area contributed by atoms with E-state index in [-0.39, 0.29) is 31.7 Å². The third-order valence-corrected chi connectivity index (χ3v) is 4.79. The quantitative estimate of drug-likeness (QED) is 0.660. The van der Waals surface area contributed by atoms with E-state index in [1.54, 1.807) is 6.26 Å². The van der Waals surface area contributed by atoms with Crippen molar-refractivity contribution in [3.63, 3.8) is 0 Å². The number of hydrogen-bond donors (Lipinski definition) is 1. The first-order valence-electron chi connectivity index (χ1n) is 8.69. The molecule has 0 aliphatic rings. The second kappa shape index (κ2) is 7.26. The maximum atomic E-state index is 12.4. The lowest BCUT2D eigenvalue weighted by Crippen LogP contribution is -2.31. The highest BCUT2D eigenvalue weighted by Crippen LogP contribution is 2.32. The number of furan rings is 1. The van der Waals surface area contributed by atoms with E-state index in [2.05, 4.69) is 5.32 Å². The zero-order valence-corrected chi connectivity index (χ0v) is 15.4. The predicted molar refractivity (Wildman–Crippen MR) is 97.4 cm³/mol. The van der Waals surface area contributed by atoms with Crippen LogP contribution in [0.1, 0.15) is 35.1 Å². The second-order valence-corrected chi connectivity index (χ2v) is 6.64. The maximum absolute atomic E-state index is 12.4. The summed E-state index contributed by atoms with van der Waals surface area (Å²) in [5, 5.41) is 14.6. The molecule has 0 saturated carbocycles. The molecule has 0 radical (unpaired) electrons. The van der Waals surface area contributed by atoms with Crippen LogP contribution in [0.3, 0.4) is 0 Å². The summed E-state index contributed by atoms with van der Waals surface area (Å²) in [5.74, 6) is -1.55. The molecule has 1 amide bonds. The van der Waals surface area contributed by atoms with E-state index in [1.165, 1.54) is 0 Å². The molecular weight excluding hydrogens is 350 g/mol. The van der Waals surface area contributed by atoms with Crippen molar-refractivity contribution in [2.75, 3.05) is 6.54 Å². The zero-order chi connectivity index (χ0) is 19.7. The summed E-state index contributed by atoms with van der Waals surface area (Å²) in [6.45, 7) is 5.64. The molecule has 3 rings (SSSR count). The Bertz CT molecular complexity index is 1110. The highest BCUT2D eigenvalue weighted by atomic mass is 16.4. The Morgan fingerprint density at radius 1 is 1.07 bits per heavy atom. The number of nitrogens with one attached hydrogen (secondary N) is 1. The van der Waals surface area contributed by atoms with Gasteiger partial charge in [0.1, 0.15) is 11.2 Å². The number of benzene rings is 1. The number of hydrogen-bond acceptors (Lipinski definition) is 6. The van der Waals surface area contributed by atoms with Crippen molar-refractivity contribution >= 4 is 33.8 Å². The third kappa shape index (κ3) is 3.58. The summed E-state index contributed by atoms with van der Waals surface area (Å²) >= 11 is 0. The smallest absolute Gasteiger partial charge is 0.339 e. The van der Waals surface area contributed by atoms with Gasteiger partial charge in [-0.15, -0.1) is 0 Å². The molecule has 0 unspecified atom stereocenters. The molecule has 142 valence electrons. The molecule has 2 aromatic heterocycles. The van der Waals surface area contributed by atoms with Gasteiger partial charge in [-0.25, -0.2) is 4.79 Å². The summed E-state index contributed by atoms with van der Waals surface area (Å²) in [7, 11) is 0. The average molecular weight is 370 g/mol. The lowest BCUT2D eigenvalue weighted by atomic mass is 9.98. The van der Waals surface area contributed by atoms with E-state index in [4.69, 9.17) is 8.83 Å². The molecule has 27 heavy (non-hydrogen) atoms. The van der Waals surface area contributed by atoms with Crippen molar-refractivity contribution in [3.8, 4) is 0 Å². The molecule has 3 aromatic rings. The standard InChI is InChI=1S/C20H21NO6/c1-10-9-26-18-12(3)19-15(8-14(10)18)11(2)13(20(25)27-19)4-5-16(22)21-7-6-17(23)24/h8-9H,4-7H2,1-3H3,(H,21,22)(H,23,24)/p-1. The number of aliphatic carboxylic acids is 1. The number of carbonyl (C=O) groups excluding carboxylic acids is 2. The summed E-state index contributed by atoms with van der Waals surface area (Å²) < 4.78 is 11.1. The molecule has 0 aliphatic carbocycles. The molecule has 0 spiro atoms. The van der Waals surface area contributed by atoms with Crippen LogP contribution in [0.15, 0.2) is 26.0 Å². The summed E-state index contributed by atoms with van der Waals surface area (Å²) in [6.07, 6.45) is 1.70. The van der Waals surface area contributed by atoms with Gasteiger partial charge >= 0.3 is 5.63 Å². The predicted octanol–water partition coefficient (Wildman–Crippen LogP) is 1.65. The van der Waals surface area contributed by atoms with E-state index >= 15 is 0 Å². The van der Waals surface area contributed by atoms with E-state index in [0.717, 1.165) is 27.5 Å². The van der Waals surface area contributed by atoms with Crippen molar-refractivity contribution in [3.05, 3.63) is 45.0 Å². The van der Waals surface area contributed by atoms with Gasteiger partial charge in [0.25, 0.3) is 0 Å². The highest BCUT2D eigenvalue weighted by molar-refractivity contribution is 5.99. The van der Waals surface area contributed by atoms with Gasteiger partial charge in [-0.05, 0) is 44.4 Å². The van der Waals surface area contributed by atoms with Crippen LogP contribution in [-0.4, -0.2) is 18.4 Å². The molecule has 0 bridgehead atoms. The number of amides is 1. The summed E-state index contributed by atoms with van der Waals surface area (Å²) in [6, 6.07) is 1.94. The lowest BCUT2D eigenvalue weighted by Gasteiger charge is -2.10. The van der Waals surface area contributed by atoms with Gasteiger partial charge in [-0.2, -0.15) is 0 Å². The van der Waals surface area contributed by atoms with Crippen LogP contribution in [0, 0.1) is 20.8 Å².